The van der Waals surface area contributed by atoms with Crippen molar-refractivity contribution < 1.29 is 24.0 Å². The third-order valence-electron chi connectivity index (χ3n) is 5.03. The molecule has 1 heterocycles. The Labute approximate surface area is 173 Å². The van der Waals surface area contributed by atoms with Gasteiger partial charge in [-0.25, -0.2) is 0 Å². The second-order valence-corrected chi connectivity index (χ2v) is 7.05. The number of hydrogen-bond donors (Lipinski definition) is 2. The number of nitro groups is 1. The molecular weight excluding hydrogens is 390 g/mol. The highest BCUT2D eigenvalue weighted by Gasteiger charge is 2.26. The molecule has 0 aliphatic carbocycles. The van der Waals surface area contributed by atoms with Crippen LogP contribution in [0.2, 0.25) is 0 Å². The summed E-state index contributed by atoms with van der Waals surface area (Å²) in [5.74, 6) is 0.416. The summed E-state index contributed by atoms with van der Waals surface area (Å²) in [6.07, 6.45) is 0.683. The van der Waals surface area contributed by atoms with E-state index in [1.807, 2.05) is 19.9 Å². The molecule has 0 saturated carbocycles. The van der Waals surface area contributed by atoms with Gasteiger partial charge in [-0.15, -0.1) is 0 Å². The van der Waals surface area contributed by atoms with Gasteiger partial charge in [0.15, 0.2) is 11.5 Å². The van der Waals surface area contributed by atoms with Crippen molar-refractivity contribution in [1.82, 2.24) is 10.6 Å². The second-order valence-electron chi connectivity index (χ2n) is 7.05. The molecule has 158 valence electrons. The molecule has 9 nitrogen and oxygen atoms in total. The van der Waals surface area contributed by atoms with Crippen LogP contribution in [0.3, 0.4) is 0 Å². The first-order valence-electron chi connectivity index (χ1n) is 9.60. The summed E-state index contributed by atoms with van der Waals surface area (Å²) in [5, 5.41) is 16.4. The van der Waals surface area contributed by atoms with E-state index in [1.54, 1.807) is 12.1 Å². The highest BCUT2D eigenvalue weighted by Crippen LogP contribution is 2.32. The summed E-state index contributed by atoms with van der Waals surface area (Å²) >= 11 is 0. The van der Waals surface area contributed by atoms with Gasteiger partial charge in [-0.3, -0.25) is 19.7 Å². The van der Waals surface area contributed by atoms with E-state index >= 15 is 0 Å². The first kappa shape index (κ1) is 21.1. The number of ether oxygens (including phenoxy) is 2. The Kier molecular flexibility index (Phi) is 6.51. The van der Waals surface area contributed by atoms with Crippen LogP contribution in [0.4, 0.5) is 5.69 Å². The zero-order valence-electron chi connectivity index (χ0n) is 16.7. The standard InChI is InChI=1S/C21H23N3O6/c1-3-13(2)19(23-20(25)15-5-7-16(8-6-15)24(27)28)21(26)22-11-14-4-9-17-18(10-14)30-12-29-17/h4-10,13,19H,3,11-12H2,1-2H3,(H,22,26)(H,23,25)/t13-,19-/m0/s1. The summed E-state index contributed by atoms with van der Waals surface area (Å²) in [7, 11) is 0. The van der Waals surface area contributed by atoms with Crippen LogP contribution >= 0.6 is 0 Å². The molecule has 9 heteroatoms. The predicted molar refractivity (Wildman–Crippen MR) is 108 cm³/mol. The maximum atomic E-state index is 12.8. The monoisotopic (exact) mass is 413 g/mol. The van der Waals surface area contributed by atoms with Crippen molar-refractivity contribution in [3.63, 3.8) is 0 Å². The Hall–Kier alpha value is -3.62. The summed E-state index contributed by atoms with van der Waals surface area (Å²) in [6, 6.07) is 9.92. The van der Waals surface area contributed by atoms with Crippen LogP contribution in [0.5, 0.6) is 11.5 Å². The maximum absolute atomic E-state index is 12.8. The van der Waals surface area contributed by atoms with Gasteiger partial charge in [0, 0.05) is 24.2 Å². The van der Waals surface area contributed by atoms with Crippen LogP contribution < -0.4 is 20.1 Å². The largest absolute Gasteiger partial charge is 0.454 e. The van der Waals surface area contributed by atoms with Crippen molar-refractivity contribution in [2.75, 3.05) is 6.79 Å². The van der Waals surface area contributed by atoms with Gasteiger partial charge < -0.3 is 20.1 Å². The summed E-state index contributed by atoms with van der Waals surface area (Å²) < 4.78 is 10.6. The second kappa shape index (κ2) is 9.25. The molecule has 2 N–H and O–H groups in total. The molecule has 2 aromatic rings. The molecule has 3 rings (SSSR count). The molecule has 0 saturated heterocycles. The molecule has 1 aliphatic heterocycles. The van der Waals surface area contributed by atoms with Gasteiger partial charge in [0.05, 0.1) is 4.92 Å². The van der Waals surface area contributed by atoms with Crippen LogP contribution in [0, 0.1) is 16.0 Å². The Morgan fingerprint density at radius 1 is 1.13 bits per heavy atom. The van der Waals surface area contributed by atoms with E-state index < -0.39 is 16.9 Å². The lowest BCUT2D eigenvalue weighted by Gasteiger charge is -2.23. The zero-order valence-corrected chi connectivity index (χ0v) is 16.7. The zero-order chi connectivity index (χ0) is 21.7. The van der Waals surface area contributed by atoms with Gasteiger partial charge in [-0.05, 0) is 35.7 Å². The van der Waals surface area contributed by atoms with Crippen molar-refractivity contribution in [2.45, 2.75) is 32.9 Å². The number of benzene rings is 2. The fourth-order valence-electron chi connectivity index (χ4n) is 3.01. The summed E-state index contributed by atoms with van der Waals surface area (Å²) in [6.45, 7) is 4.26. The third-order valence-corrected chi connectivity index (χ3v) is 5.03. The fraction of sp³-hybridized carbons (Fsp3) is 0.333. The molecular formula is C21H23N3O6. The van der Waals surface area contributed by atoms with Crippen LogP contribution in [0.25, 0.3) is 0 Å². The highest BCUT2D eigenvalue weighted by atomic mass is 16.7. The van der Waals surface area contributed by atoms with E-state index in [0.717, 1.165) is 5.56 Å². The molecule has 0 aromatic heterocycles. The lowest BCUT2D eigenvalue weighted by molar-refractivity contribution is -0.384. The van der Waals surface area contributed by atoms with E-state index in [1.165, 1.54) is 24.3 Å². The minimum absolute atomic E-state index is 0.105. The van der Waals surface area contributed by atoms with E-state index in [4.69, 9.17) is 9.47 Å². The van der Waals surface area contributed by atoms with E-state index in [0.29, 0.717) is 17.9 Å². The van der Waals surface area contributed by atoms with Crippen molar-refractivity contribution in [1.29, 1.82) is 0 Å². The number of carbonyl (C=O) groups is 2. The van der Waals surface area contributed by atoms with Gasteiger partial charge in [0.1, 0.15) is 6.04 Å². The molecule has 0 bridgehead atoms. The smallest absolute Gasteiger partial charge is 0.269 e. The molecule has 0 radical (unpaired) electrons. The average molecular weight is 413 g/mol. The fourth-order valence-corrected chi connectivity index (χ4v) is 3.01. The van der Waals surface area contributed by atoms with Gasteiger partial charge in [0.25, 0.3) is 11.6 Å². The number of fused-ring (bicyclic) bond motifs is 1. The molecule has 30 heavy (non-hydrogen) atoms. The number of nitro benzene ring substituents is 1. The predicted octanol–water partition coefficient (Wildman–Crippen LogP) is 2.78. The molecule has 0 unspecified atom stereocenters. The number of rotatable bonds is 8. The molecule has 1 aliphatic rings. The van der Waals surface area contributed by atoms with Crippen molar-refractivity contribution in [3.05, 3.63) is 63.7 Å². The summed E-state index contributed by atoms with van der Waals surface area (Å²) in [4.78, 5) is 35.6. The van der Waals surface area contributed by atoms with Gasteiger partial charge >= 0.3 is 0 Å². The number of nitrogens with zero attached hydrogens (tertiary/aromatic N) is 1. The topological polar surface area (TPSA) is 120 Å². The average Bonchev–Trinajstić information content (AvgIpc) is 3.23. The Balaban J connectivity index is 1.64. The van der Waals surface area contributed by atoms with Crippen LogP contribution in [-0.2, 0) is 11.3 Å². The van der Waals surface area contributed by atoms with Gasteiger partial charge in [0.2, 0.25) is 12.7 Å². The SMILES string of the molecule is CC[C@H](C)[C@H](NC(=O)c1ccc([N+](=O)[O-])cc1)C(=O)NCc1ccc2c(c1)OCO2. The van der Waals surface area contributed by atoms with Gasteiger partial charge in [-0.2, -0.15) is 0 Å². The molecule has 2 aromatic carbocycles. The lowest BCUT2D eigenvalue weighted by Crippen LogP contribution is -2.50. The number of non-ortho nitro benzene ring substituents is 1. The Bertz CT molecular complexity index is 944. The minimum Gasteiger partial charge on any atom is -0.454 e. The first-order chi connectivity index (χ1) is 14.4. The minimum atomic E-state index is -0.744. The van der Waals surface area contributed by atoms with Gasteiger partial charge in [-0.1, -0.05) is 26.3 Å². The maximum Gasteiger partial charge on any atom is 0.269 e. The van der Waals surface area contributed by atoms with E-state index in [2.05, 4.69) is 10.6 Å². The Morgan fingerprint density at radius 2 is 1.83 bits per heavy atom. The lowest BCUT2D eigenvalue weighted by atomic mass is 9.97. The van der Waals surface area contributed by atoms with Crippen molar-refractivity contribution in [3.8, 4) is 11.5 Å². The van der Waals surface area contributed by atoms with Crippen LogP contribution in [0.1, 0.15) is 36.2 Å². The Morgan fingerprint density at radius 3 is 2.50 bits per heavy atom. The van der Waals surface area contributed by atoms with E-state index in [9.17, 15) is 19.7 Å². The molecule has 0 fully saturated rings. The van der Waals surface area contributed by atoms with Crippen molar-refractivity contribution in [2.24, 2.45) is 5.92 Å². The molecule has 2 amide bonds. The quantitative estimate of drug-likeness (QED) is 0.507. The first-order valence-corrected chi connectivity index (χ1v) is 9.60. The van der Waals surface area contributed by atoms with Crippen LogP contribution in [0.15, 0.2) is 42.5 Å². The number of nitrogens with one attached hydrogen (secondary N) is 2. The van der Waals surface area contributed by atoms with Crippen molar-refractivity contribution >= 4 is 17.5 Å². The molecule has 2 atom stereocenters. The van der Waals surface area contributed by atoms with E-state index in [-0.39, 0.29) is 36.4 Å². The number of amides is 2. The molecule has 0 spiro atoms. The third kappa shape index (κ3) is 4.86. The summed E-state index contributed by atoms with van der Waals surface area (Å²) in [5.41, 5.74) is 0.987. The normalized spacial score (nSPS) is 13.9. The highest BCUT2D eigenvalue weighted by molar-refractivity contribution is 5.97. The van der Waals surface area contributed by atoms with Crippen LogP contribution in [-0.4, -0.2) is 29.6 Å². The number of hydrogen-bond acceptors (Lipinski definition) is 6. The number of carbonyl (C=O) groups excluding carboxylic acids is 2.